The molecule has 4 aliphatic rings. The minimum absolute atomic E-state index is 0.00111. The van der Waals surface area contributed by atoms with Crippen LogP contribution in [0.3, 0.4) is 0 Å². The predicted octanol–water partition coefficient (Wildman–Crippen LogP) is 3.24. The molecule has 11 nitrogen and oxygen atoms in total. The second-order valence-corrected chi connectivity index (χ2v) is 15.0. The van der Waals surface area contributed by atoms with Crippen LogP contribution in [0, 0.1) is 11.3 Å². The van der Waals surface area contributed by atoms with Crippen LogP contribution in [0.2, 0.25) is 5.02 Å². The maximum Gasteiger partial charge on any atom is 0.410 e. The maximum atomic E-state index is 14.2. The predicted molar refractivity (Wildman–Crippen MR) is 171 cm³/mol. The largest absolute Gasteiger partial charge is 0.444 e. The van der Waals surface area contributed by atoms with Gasteiger partial charge in [-0.1, -0.05) is 63.4 Å². The van der Waals surface area contributed by atoms with Crippen molar-refractivity contribution in [2.75, 3.05) is 6.54 Å². The maximum absolute atomic E-state index is 14.2. The van der Waals surface area contributed by atoms with Crippen LogP contribution in [0.25, 0.3) is 0 Å². The number of benzene rings is 1. The van der Waals surface area contributed by atoms with Crippen LogP contribution < -0.4 is 16.4 Å². The minimum Gasteiger partial charge on any atom is -0.444 e. The third-order valence-electron chi connectivity index (χ3n) is 9.34. The molecule has 3 heterocycles. The van der Waals surface area contributed by atoms with Crippen molar-refractivity contribution in [3.05, 3.63) is 46.5 Å². The Morgan fingerprint density at radius 2 is 1.89 bits per heavy atom. The zero-order valence-electron chi connectivity index (χ0n) is 27.1. The summed E-state index contributed by atoms with van der Waals surface area (Å²) >= 11 is 6.15. The van der Waals surface area contributed by atoms with Gasteiger partial charge in [-0.05, 0) is 54.4 Å². The lowest BCUT2D eigenvalue weighted by Gasteiger charge is -2.30. The first-order valence-electron chi connectivity index (χ1n) is 16.4. The summed E-state index contributed by atoms with van der Waals surface area (Å²) in [6.45, 7) is 6.64. The zero-order valence-corrected chi connectivity index (χ0v) is 27.9. The number of hydrogen-bond acceptors (Lipinski definition) is 6. The van der Waals surface area contributed by atoms with Gasteiger partial charge >= 0.3 is 12.0 Å². The van der Waals surface area contributed by atoms with E-state index in [9.17, 15) is 24.0 Å². The molecule has 5 rings (SSSR count). The van der Waals surface area contributed by atoms with Crippen molar-refractivity contribution in [3.63, 3.8) is 0 Å². The second-order valence-electron chi connectivity index (χ2n) is 14.6. The third-order valence-corrected chi connectivity index (χ3v) is 9.57. The molecule has 5 N–H and O–H groups in total. The summed E-state index contributed by atoms with van der Waals surface area (Å²) in [6.07, 6.45) is 7.78. The summed E-state index contributed by atoms with van der Waals surface area (Å²) in [4.78, 5) is 69.7. The Kier molecular flexibility index (Phi) is 10.1. The second kappa shape index (κ2) is 13.7. The molecule has 0 radical (unpaired) electrons. The Morgan fingerprint density at radius 3 is 2.63 bits per heavy atom. The highest BCUT2D eigenvalue weighted by molar-refractivity contribution is 6.30. The van der Waals surface area contributed by atoms with E-state index in [1.165, 1.54) is 4.90 Å². The van der Waals surface area contributed by atoms with Crippen LogP contribution in [0.15, 0.2) is 30.4 Å². The quantitative estimate of drug-likeness (QED) is 0.414. The number of ether oxygens (including phenoxy) is 1. The summed E-state index contributed by atoms with van der Waals surface area (Å²) in [7, 11) is 0. The number of halogens is 1. The van der Waals surface area contributed by atoms with Crippen molar-refractivity contribution in [1.29, 1.82) is 0 Å². The van der Waals surface area contributed by atoms with E-state index in [-0.39, 0.29) is 54.9 Å². The average Bonchev–Trinajstić information content (AvgIpc) is 3.27. The van der Waals surface area contributed by atoms with E-state index in [4.69, 9.17) is 16.3 Å². The number of nitrogens with zero attached hydrogens (tertiary/aromatic N) is 2. The van der Waals surface area contributed by atoms with Gasteiger partial charge in [-0.25, -0.2) is 9.59 Å². The molecule has 2 fully saturated rings. The fourth-order valence-electron chi connectivity index (χ4n) is 6.97. The Labute approximate surface area is 275 Å². The SMILES string of the molecule is CC(C)(C)CC(=O)NC1CCCCCC=CC2CC2(CC([NH3+])=O)NC(=O)C2CC(OC(=O)N3Cc4ccc(Cl)cc4C3)CN2C1=O. The van der Waals surface area contributed by atoms with Crippen molar-refractivity contribution in [2.24, 2.45) is 11.3 Å². The van der Waals surface area contributed by atoms with Gasteiger partial charge in [-0.3, -0.25) is 25.0 Å². The number of hydrogen-bond donors (Lipinski definition) is 3. The van der Waals surface area contributed by atoms with Gasteiger partial charge in [0, 0.05) is 36.9 Å². The van der Waals surface area contributed by atoms with Gasteiger partial charge in [0.1, 0.15) is 18.2 Å². The lowest BCUT2D eigenvalue weighted by Crippen LogP contribution is -2.61. The van der Waals surface area contributed by atoms with Crippen LogP contribution >= 0.6 is 11.6 Å². The molecule has 0 spiro atoms. The van der Waals surface area contributed by atoms with Crippen molar-refractivity contribution in [2.45, 2.75) is 115 Å². The van der Waals surface area contributed by atoms with Crippen molar-refractivity contribution >= 4 is 41.3 Å². The fourth-order valence-corrected chi connectivity index (χ4v) is 7.17. The highest BCUT2D eigenvalue weighted by Crippen LogP contribution is 2.47. The average molecular weight is 657 g/mol. The number of fused-ring (bicyclic) bond motifs is 3. The molecule has 0 aromatic heterocycles. The molecule has 12 heteroatoms. The van der Waals surface area contributed by atoms with E-state index in [0.717, 1.165) is 36.8 Å². The fraction of sp³-hybridized carbons (Fsp3) is 0.618. The Balaban J connectivity index is 1.37. The molecule has 5 amide bonds. The third kappa shape index (κ3) is 8.28. The number of allylic oxidation sites excluding steroid dienone is 1. The van der Waals surface area contributed by atoms with Gasteiger partial charge < -0.3 is 20.3 Å². The van der Waals surface area contributed by atoms with E-state index in [1.807, 2.05) is 32.9 Å². The van der Waals surface area contributed by atoms with Crippen LogP contribution in [-0.4, -0.2) is 69.8 Å². The van der Waals surface area contributed by atoms with E-state index in [2.05, 4.69) is 28.5 Å². The lowest BCUT2D eigenvalue weighted by atomic mass is 9.91. The van der Waals surface area contributed by atoms with Crippen molar-refractivity contribution in [3.8, 4) is 0 Å². The number of carbonyl (C=O) groups is 5. The molecule has 1 aromatic carbocycles. The molecule has 0 bridgehead atoms. The van der Waals surface area contributed by atoms with Gasteiger partial charge in [0.2, 0.25) is 17.7 Å². The summed E-state index contributed by atoms with van der Waals surface area (Å²) in [5.41, 5.74) is 4.47. The summed E-state index contributed by atoms with van der Waals surface area (Å²) in [6, 6.07) is 3.76. The van der Waals surface area contributed by atoms with Gasteiger partial charge in [0.25, 0.3) is 0 Å². The number of quaternary nitrogens is 1. The summed E-state index contributed by atoms with van der Waals surface area (Å²) in [5.74, 6) is -1.26. The molecular weight excluding hydrogens is 610 g/mol. The summed E-state index contributed by atoms with van der Waals surface area (Å²) < 4.78 is 5.92. The molecule has 5 unspecified atom stereocenters. The first kappa shape index (κ1) is 33.9. The first-order valence-corrected chi connectivity index (χ1v) is 16.8. The molecule has 250 valence electrons. The molecule has 46 heavy (non-hydrogen) atoms. The molecule has 5 atom stereocenters. The number of nitrogens with one attached hydrogen (secondary N) is 2. The van der Waals surface area contributed by atoms with Gasteiger partial charge in [-0.2, -0.15) is 0 Å². The van der Waals surface area contributed by atoms with E-state index >= 15 is 0 Å². The van der Waals surface area contributed by atoms with E-state index < -0.39 is 35.7 Å². The zero-order chi connectivity index (χ0) is 33.2. The smallest absolute Gasteiger partial charge is 0.410 e. The van der Waals surface area contributed by atoms with E-state index in [0.29, 0.717) is 31.0 Å². The van der Waals surface area contributed by atoms with Crippen LogP contribution in [0.1, 0.15) is 89.7 Å². The molecule has 3 aliphatic heterocycles. The van der Waals surface area contributed by atoms with E-state index in [1.54, 1.807) is 11.0 Å². The highest BCUT2D eigenvalue weighted by Gasteiger charge is 2.57. The number of carbonyl (C=O) groups excluding carboxylic acids is 5. The Bertz CT molecular complexity index is 1410. The molecule has 1 aliphatic carbocycles. The molecule has 1 aromatic rings. The van der Waals surface area contributed by atoms with Gasteiger partial charge in [0.05, 0.1) is 18.5 Å². The molecular formula is C34H47ClN5O6+. The number of rotatable bonds is 5. The minimum atomic E-state index is -0.936. The molecule has 1 saturated carbocycles. The van der Waals surface area contributed by atoms with Crippen LogP contribution in [0.4, 0.5) is 4.79 Å². The normalized spacial score (nSPS) is 28.3. The highest BCUT2D eigenvalue weighted by atomic mass is 35.5. The number of amides is 5. The van der Waals surface area contributed by atoms with Gasteiger partial charge in [-0.15, -0.1) is 0 Å². The topological polar surface area (TPSA) is 153 Å². The van der Waals surface area contributed by atoms with Crippen LogP contribution in [-0.2, 0) is 37.0 Å². The van der Waals surface area contributed by atoms with Crippen molar-refractivity contribution < 1.29 is 34.4 Å². The van der Waals surface area contributed by atoms with Crippen LogP contribution in [0.5, 0.6) is 0 Å². The lowest BCUT2D eigenvalue weighted by molar-refractivity contribution is -0.306. The monoisotopic (exact) mass is 656 g/mol. The first-order chi connectivity index (χ1) is 21.7. The van der Waals surface area contributed by atoms with Gasteiger partial charge in [0.15, 0.2) is 0 Å². The summed E-state index contributed by atoms with van der Waals surface area (Å²) in [5, 5.41) is 6.64. The molecule has 1 saturated heterocycles. The standard InChI is InChI=1S/C34H46ClN5O6/c1-33(2,3)17-29(42)37-26-10-8-6-4-5-7-9-23-15-34(23,16-28(36)41)38-30(43)27-14-25(20-40(27)31(26)44)46-32(45)39-18-21-11-12-24(35)13-22(21)19-39/h7,9,11-13,23,25-27H,4-6,8,10,14-20H2,1-3H3,(H2,36,41)(H,37,42)(H,38,43)/p+1. The van der Waals surface area contributed by atoms with Crippen molar-refractivity contribution in [1.82, 2.24) is 20.4 Å². The Hall–Kier alpha value is -3.44. The Morgan fingerprint density at radius 1 is 1.13 bits per heavy atom.